The Labute approximate surface area is 126 Å². The Morgan fingerprint density at radius 2 is 2.10 bits per heavy atom. The first kappa shape index (κ1) is 15.6. The van der Waals surface area contributed by atoms with Crippen molar-refractivity contribution >= 4 is 33.9 Å². The van der Waals surface area contributed by atoms with Crippen LogP contribution in [0.5, 0.6) is 0 Å². The summed E-state index contributed by atoms with van der Waals surface area (Å²) in [5, 5.41) is 0.613. The van der Waals surface area contributed by atoms with E-state index in [2.05, 4.69) is 0 Å². The number of methoxy groups -OCH3 is 2. The van der Waals surface area contributed by atoms with Crippen LogP contribution < -0.4 is 16.4 Å². The third kappa shape index (κ3) is 2.96. The van der Waals surface area contributed by atoms with Gasteiger partial charge >= 0.3 is 5.97 Å². The first-order chi connectivity index (χ1) is 9.99. The Hall–Kier alpha value is -1.80. The Balaban J connectivity index is 2.42. The summed E-state index contributed by atoms with van der Waals surface area (Å²) in [7, 11) is 2.93. The van der Waals surface area contributed by atoms with Gasteiger partial charge in [0.2, 0.25) is 0 Å². The molecule has 21 heavy (non-hydrogen) atoms. The van der Waals surface area contributed by atoms with Crippen LogP contribution in [0.2, 0.25) is 0 Å². The van der Waals surface area contributed by atoms with Crippen LogP contribution in [0.15, 0.2) is 0 Å². The number of piperidine rings is 1. The summed E-state index contributed by atoms with van der Waals surface area (Å²) in [6.45, 7) is 1.40. The highest BCUT2D eigenvalue weighted by molar-refractivity contribution is 7.19. The third-order valence-electron chi connectivity index (χ3n) is 3.54. The van der Waals surface area contributed by atoms with Gasteiger partial charge in [0.1, 0.15) is 9.88 Å². The van der Waals surface area contributed by atoms with Crippen molar-refractivity contribution in [2.75, 3.05) is 37.9 Å². The second kappa shape index (κ2) is 6.31. The average molecular weight is 313 g/mol. The summed E-state index contributed by atoms with van der Waals surface area (Å²) >= 11 is 1.14. The molecule has 0 aromatic carbocycles. The zero-order valence-electron chi connectivity index (χ0n) is 12.0. The molecule has 0 spiro atoms. The highest BCUT2D eigenvalue weighted by atomic mass is 32.1. The molecule has 7 nitrogen and oxygen atoms in total. The molecule has 4 N–H and O–H groups in total. The maximum atomic E-state index is 11.7. The van der Waals surface area contributed by atoms with Crippen LogP contribution in [0.25, 0.3) is 0 Å². The quantitative estimate of drug-likeness (QED) is 0.797. The SMILES string of the molecule is COC(=O)c1sc(N2CCCC(OC)C2)c(C(N)=O)c1N. The predicted octanol–water partition coefficient (Wildman–Crippen LogP) is 0.831. The molecule has 2 heterocycles. The van der Waals surface area contributed by atoms with Gasteiger partial charge in [0.15, 0.2) is 0 Å². The number of esters is 1. The largest absolute Gasteiger partial charge is 0.465 e. The van der Waals surface area contributed by atoms with Gasteiger partial charge in [-0.3, -0.25) is 4.79 Å². The summed E-state index contributed by atoms with van der Waals surface area (Å²) in [5.74, 6) is -1.21. The fourth-order valence-electron chi connectivity index (χ4n) is 2.45. The van der Waals surface area contributed by atoms with Gasteiger partial charge in [-0.25, -0.2) is 4.79 Å². The highest BCUT2D eigenvalue weighted by Gasteiger charge is 2.30. The van der Waals surface area contributed by atoms with E-state index in [4.69, 9.17) is 20.9 Å². The predicted molar refractivity (Wildman–Crippen MR) is 80.8 cm³/mol. The monoisotopic (exact) mass is 313 g/mol. The number of nitrogens with zero attached hydrogens (tertiary/aromatic N) is 1. The van der Waals surface area contributed by atoms with Crippen molar-refractivity contribution < 1.29 is 19.1 Å². The molecule has 8 heteroatoms. The minimum atomic E-state index is -0.645. The molecule has 1 amide bonds. The second-order valence-corrected chi connectivity index (χ2v) is 5.83. The molecule has 0 saturated carbocycles. The van der Waals surface area contributed by atoms with Gasteiger partial charge in [0.05, 0.1) is 24.5 Å². The number of thiophene rings is 1. The number of ether oxygens (including phenoxy) is 2. The smallest absolute Gasteiger partial charge is 0.350 e. The number of carbonyl (C=O) groups excluding carboxylic acids is 2. The van der Waals surface area contributed by atoms with Crippen LogP contribution in [0.3, 0.4) is 0 Å². The molecule has 0 radical (unpaired) electrons. The first-order valence-electron chi connectivity index (χ1n) is 6.57. The van der Waals surface area contributed by atoms with Crippen LogP contribution >= 0.6 is 11.3 Å². The maximum absolute atomic E-state index is 11.7. The second-order valence-electron chi connectivity index (χ2n) is 4.83. The number of hydrogen-bond donors (Lipinski definition) is 2. The van der Waals surface area contributed by atoms with Crippen LogP contribution in [0.1, 0.15) is 32.9 Å². The van der Waals surface area contributed by atoms with Crippen molar-refractivity contribution in [3.05, 3.63) is 10.4 Å². The van der Waals surface area contributed by atoms with Gasteiger partial charge in [-0.05, 0) is 12.8 Å². The minimum absolute atomic E-state index is 0.0874. The van der Waals surface area contributed by atoms with Crippen molar-refractivity contribution in [3.63, 3.8) is 0 Å². The number of carbonyl (C=O) groups is 2. The molecule has 1 aliphatic rings. The molecule has 116 valence electrons. The summed E-state index contributed by atoms with van der Waals surface area (Å²) in [6, 6.07) is 0. The van der Waals surface area contributed by atoms with E-state index in [1.807, 2.05) is 4.90 Å². The lowest BCUT2D eigenvalue weighted by atomic mass is 10.1. The summed E-state index contributed by atoms with van der Waals surface area (Å²) < 4.78 is 10.1. The van der Waals surface area contributed by atoms with Crippen LogP contribution in [0, 0.1) is 0 Å². The zero-order valence-corrected chi connectivity index (χ0v) is 12.9. The molecule has 1 unspecified atom stereocenters. The number of primary amides is 1. The van der Waals surface area contributed by atoms with Gasteiger partial charge in [0.25, 0.3) is 5.91 Å². The van der Waals surface area contributed by atoms with Gasteiger partial charge in [-0.15, -0.1) is 11.3 Å². The molecule has 2 rings (SSSR count). The number of amides is 1. The van der Waals surface area contributed by atoms with E-state index in [1.54, 1.807) is 7.11 Å². The molecular formula is C13H19N3O4S. The van der Waals surface area contributed by atoms with Gasteiger partial charge in [0, 0.05) is 20.2 Å². The van der Waals surface area contributed by atoms with E-state index in [1.165, 1.54) is 7.11 Å². The van der Waals surface area contributed by atoms with Crippen LogP contribution in [-0.4, -0.2) is 45.3 Å². The normalized spacial score (nSPS) is 18.6. The van der Waals surface area contributed by atoms with Crippen LogP contribution in [-0.2, 0) is 9.47 Å². The number of hydrogen-bond acceptors (Lipinski definition) is 7. The van der Waals surface area contributed by atoms with Crippen molar-refractivity contribution in [2.24, 2.45) is 5.73 Å². The Morgan fingerprint density at radius 1 is 1.38 bits per heavy atom. The lowest BCUT2D eigenvalue weighted by molar-refractivity contribution is 0.0607. The summed E-state index contributed by atoms with van der Waals surface area (Å²) in [6.07, 6.45) is 1.98. The van der Waals surface area contributed by atoms with Crippen molar-refractivity contribution in [2.45, 2.75) is 18.9 Å². The fraction of sp³-hybridized carbons (Fsp3) is 0.538. The molecular weight excluding hydrogens is 294 g/mol. The molecule has 1 aromatic heterocycles. The Morgan fingerprint density at radius 3 is 2.67 bits per heavy atom. The third-order valence-corrected chi connectivity index (χ3v) is 4.79. The average Bonchev–Trinajstić information content (AvgIpc) is 2.84. The lowest BCUT2D eigenvalue weighted by Crippen LogP contribution is -2.39. The van der Waals surface area contributed by atoms with E-state index >= 15 is 0 Å². The van der Waals surface area contributed by atoms with Gasteiger partial charge < -0.3 is 25.8 Å². The van der Waals surface area contributed by atoms with E-state index in [-0.39, 0.29) is 22.2 Å². The van der Waals surface area contributed by atoms with E-state index in [0.29, 0.717) is 11.5 Å². The zero-order chi connectivity index (χ0) is 15.6. The molecule has 1 aliphatic heterocycles. The number of anilines is 2. The minimum Gasteiger partial charge on any atom is -0.465 e. The highest BCUT2D eigenvalue weighted by Crippen LogP contribution is 2.39. The Kier molecular flexibility index (Phi) is 4.69. The number of nitrogen functional groups attached to an aromatic ring is 1. The summed E-state index contributed by atoms with van der Waals surface area (Å²) in [5.41, 5.74) is 11.6. The van der Waals surface area contributed by atoms with Crippen molar-refractivity contribution in [3.8, 4) is 0 Å². The Bertz CT molecular complexity index is 558. The maximum Gasteiger partial charge on any atom is 0.350 e. The molecule has 1 atom stereocenters. The molecule has 0 bridgehead atoms. The standard InChI is InChI=1S/C13H19N3O4S/c1-19-7-4-3-5-16(6-7)12-8(11(15)17)9(14)10(21-12)13(18)20-2/h7H,3-6,14H2,1-2H3,(H2,15,17). The number of rotatable bonds is 4. The first-order valence-corrected chi connectivity index (χ1v) is 7.39. The van der Waals surface area contributed by atoms with Gasteiger partial charge in [-0.2, -0.15) is 0 Å². The molecule has 1 fully saturated rings. The van der Waals surface area contributed by atoms with Gasteiger partial charge in [-0.1, -0.05) is 0 Å². The topological polar surface area (TPSA) is 108 Å². The van der Waals surface area contributed by atoms with Crippen LogP contribution in [0.4, 0.5) is 10.7 Å². The van der Waals surface area contributed by atoms with E-state index in [9.17, 15) is 9.59 Å². The lowest BCUT2D eigenvalue weighted by Gasteiger charge is -2.33. The molecule has 1 aromatic rings. The summed E-state index contributed by atoms with van der Waals surface area (Å²) in [4.78, 5) is 25.6. The van der Waals surface area contributed by atoms with E-state index < -0.39 is 11.9 Å². The molecule has 1 saturated heterocycles. The van der Waals surface area contributed by atoms with Crippen molar-refractivity contribution in [1.82, 2.24) is 0 Å². The fourth-order valence-corrected chi connectivity index (χ4v) is 3.63. The molecule has 0 aliphatic carbocycles. The van der Waals surface area contributed by atoms with Crippen molar-refractivity contribution in [1.29, 1.82) is 0 Å². The number of nitrogens with two attached hydrogens (primary N) is 2. The van der Waals surface area contributed by atoms with E-state index in [0.717, 1.165) is 30.7 Å².